The quantitative estimate of drug-likeness (QED) is 0.459. The number of H-pyrrole nitrogens is 1. The number of aromatic amines is 1. The van der Waals surface area contributed by atoms with Gasteiger partial charge in [0.05, 0.1) is 27.0 Å². The molecule has 0 saturated heterocycles. The first-order valence-corrected chi connectivity index (χ1v) is 11.4. The Bertz CT molecular complexity index is 1340. The molecule has 2 aromatic heterocycles. The Morgan fingerprint density at radius 1 is 1.13 bits per heavy atom. The van der Waals surface area contributed by atoms with Crippen molar-refractivity contribution >= 4 is 43.9 Å². The van der Waals surface area contributed by atoms with Crippen molar-refractivity contribution < 1.29 is 13.2 Å². The summed E-state index contributed by atoms with van der Waals surface area (Å²) in [6.07, 6.45) is 0.646. The number of nitrogens with one attached hydrogen (secondary N) is 2. The van der Waals surface area contributed by atoms with Crippen LogP contribution in [0.15, 0.2) is 47.4 Å². The van der Waals surface area contributed by atoms with Crippen LogP contribution in [0.25, 0.3) is 22.1 Å². The van der Waals surface area contributed by atoms with E-state index in [-0.39, 0.29) is 17.2 Å². The van der Waals surface area contributed by atoms with E-state index in [0.29, 0.717) is 24.4 Å². The van der Waals surface area contributed by atoms with Gasteiger partial charge in [-0.05, 0) is 37.3 Å². The Balaban J connectivity index is 1.52. The van der Waals surface area contributed by atoms with E-state index < -0.39 is 10.0 Å². The van der Waals surface area contributed by atoms with E-state index in [1.165, 1.54) is 18.4 Å². The molecule has 1 amide bonds. The summed E-state index contributed by atoms with van der Waals surface area (Å²) in [5, 5.41) is 2.79. The van der Waals surface area contributed by atoms with Crippen molar-refractivity contribution in [1.29, 1.82) is 0 Å². The lowest BCUT2D eigenvalue weighted by molar-refractivity contribution is -0.116. The maximum atomic E-state index is 12.4. The van der Waals surface area contributed by atoms with Crippen molar-refractivity contribution in [3.05, 3.63) is 48.3 Å². The van der Waals surface area contributed by atoms with E-state index in [1.54, 1.807) is 18.2 Å². The van der Waals surface area contributed by atoms with Crippen LogP contribution in [0.2, 0.25) is 0 Å². The van der Waals surface area contributed by atoms with Crippen LogP contribution in [0, 0.1) is 0 Å². The molecule has 0 bridgehead atoms. The maximum Gasteiger partial charge on any atom is 0.242 e. The summed E-state index contributed by atoms with van der Waals surface area (Å²) in [6, 6.07) is 12.5. The molecule has 0 radical (unpaired) electrons. The van der Waals surface area contributed by atoms with Crippen molar-refractivity contribution in [2.45, 2.75) is 31.2 Å². The van der Waals surface area contributed by atoms with E-state index in [1.807, 2.05) is 35.8 Å². The maximum absolute atomic E-state index is 12.4. The van der Waals surface area contributed by atoms with Crippen LogP contribution in [0.3, 0.4) is 0 Å². The van der Waals surface area contributed by atoms with Crippen molar-refractivity contribution in [3.63, 3.8) is 0 Å². The molecule has 31 heavy (non-hydrogen) atoms. The number of aromatic nitrogens is 4. The number of nitrogens with zero attached hydrogens (tertiary/aromatic N) is 4. The van der Waals surface area contributed by atoms with Gasteiger partial charge in [-0.15, -0.1) is 0 Å². The Kier molecular flexibility index (Phi) is 5.50. The largest absolute Gasteiger partial charge is 0.328 e. The van der Waals surface area contributed by atoms with Gasteiger partial charge < -0.3 is 9.55 Å². The third-order valence-corrected chi connectivity index (χ3v) is 6.93. The average molecular weight is 441 g/mol. The summed E-state index contributed by atoms with van der Waals surface area (Å²) in [4.78, 5) is 24.7. The number of hydrogen-bond donors (Lipinski definition) is 2. The molecule has 10 heteroatoms. The Labute approximate surface area is 180 Å². The molecule has 0 spiro atoms. The molecular weight excluding hydrogens is 416 g/mol. The minimum Gasteiger partial charge on any atom is -0.328 e. The van der Waals surface area contributed by atoms with Gasteiger partial charge in [-0.3, -0.25) is 10.1 Å². The van der Waals surface area contributed by atoms with Crippen LogP contribution < -0.4 is 5.32 Å². The summed E-state index contributed by atoms with van der Waals surface area (Å²) in [5.74, 6) is 0.968. The zero-order valence-corrected chi connectivity index (χ0v) is 18.4. The monoisotopic (exact) mass is 440 g/mol. The summed E-state index contributed by atoms with van der Waals surface area (Å²) < 4.78 is 28.0. The Hall–Kier alpha value is -3.24. The highest BCUT2D eigenvalue weighted by atomic mass is 32.2. The molecular formula is C21H24N6O3S. The average Bonchev–Trinajstić information content (AvgIpc) is 3.31. The predicted octanol–water partition coefficient (Wildman–Crippen LogP) is 2.75. The molecule has 162 valence electrons. The van der Waals surface area contributed by atoms with Crippen LogP contribution in [-0.4, -0.2) is 52.2 Å². The van der Waals surface area contributed by atoms with E-state index in [2.05, 4.69) is 20.3 Å². The molecule has 4 aromatic rings. The lowest BCUT2D eigenvalue weighted by Gasteiger charge is -2.11. The number of fused-ring (bicyclic) bond motifs is 2. The molecule has 0 atom stereocenters. The molecule has 9 nitrogen and oxygen atoms in total. The van der Waals surface area contributed by atoms with Gasteiger partial charge in [-0.25, -0.2) is 22.7 Å². The van der Waals surface area contributed by atoms with E-state index in [9.17, 15) is 13.2 Å². The van der Waals surface area contributed by atoms with E-state index >= 15 is 0 Å². The van der Waals surface area contributed by atoms with Crippen LogP contribution in [0.4, 0.5) is 5.95 Å². The summed E-state index contributed by atoms with van der Waals surface area (Å²) in [5.41, 5.74) is 3.08. The molecule has 4 rings (SSSR count). The first kappa shape index (κ1) is 21.0. The number of benzene rings is 2. The topological polar surface area (TPSA) is 113 Å². The zero-order chi connectivity index (χ0) is 22.2. The number of amides is 1. The van der Waals surface area contributed by atoms with Crippen LogP contribution >= 0.6 is 0 Å². The lowest BCUT2D eigenvalue weighted by Crippen LogP contribution is -2.22. The zero-order valence-electron chi connectivity index (χ0n) is 17.6. The van der Waals surface area contributed by atoms with Gasteiger partial charge in [0.25, 0.3) is 0 Å². The number of imidazole rings is 2. The second-order valence-electron chi connectivity index (χ2n) is 7.36. The number of para-hydroxylation sites is 2. The number of hydrogen-bond acceptors (Lipinski definition) is 5. The Morgan fingerprint density at radius 2 is 1.90 bits per heavy atom. The highest BCUT2D eigenvalue weighted by molar-refractivity contribution is 7.89. The summed E-state index contributed by atoms with van der Waals surface area (Å²) in [6.45, 7) is 2.65. The highest BCUT2D eigenvalue weighted by Crippen LogP contribution is 2.23. The van der Waals surface area contributed by atoms with Gasteiger partial charge in [-0.2, -0.15) is 0 Å². The van der Waals surface area contributed by atoms with Gasteiger partial charge in [0.2, 0.25) is 21.9 Å². The molecule has 2 N–H and O–H groups in total. The van der Waals surface area contributed by atoms with Gasteiger partial charge in [0, 0.05) is 33.5 Å². The molecule has 0 aliphatic carbocycles. The number of sulfonamides is 1. The minimum atomic E-state index is -3.54. The minimum absolute atomic E-state index is 0.176. The van der Waals surface area contributed by atoms with Crippen molar-refractivity contribution in [1.82, 2.24) is 23.8 Å². The second-order valence-corrected chi connectivity index (χ2v) is 9.51. The fourth-order valence-electron chi connectivity index (χ4n) is 3.51. The van der Waals surface area contributed by atoms with Gasteiger partial charge in [0.15, 0.2) is 0 Å². The number of anilines is 1. The molecule has 0 saturated carbocycles. The van der Waals surface area contributed by atoms with Gasteiger partial charge in [-0.1, -0.05) is 12.1 Å². The van der Waals surface area contributed by atoms with Crippen molar-refractivity contribution in [3.8, 4) is 0 Å². The molecule has 0 unspecified atom stereocenters. The third kappa shape index (κ3) is 4.04. The second kappa shape index (κ2) is 8.12. The first-order chi connectivity index (χ1) is 14.8. The standard InChI is InChI=1S/C21H24N6O3S/c1-4-27-18-10-9-14(31(29,30)26(2)3)13-17(18)22-19(27)11-12-20(28)25-21-23-15-7-5-6-8-16(15)24-21/h5-10,13H,4,11-12H2,1-3H3,(H2,23,24,25,28). The van der Waals surface area contributed by atoms with Gasteiger partial charge in [0.1, 0.15) is 5.82 Å². The number of carbonyl (C=O) groups is 1. The Morgan fingerprint density at radius 3 is 2.61 bits per heavy atom. The van der Waals surface area contributed by atoms with Crippen molar-refractivity contribution in [2.24, 2.45) is 0 Å². The summed E-state index contributed by atoms with van der Waals surface area (Å²) >= 11 is 0. The highest BCUT2D eigenvalue weighted by Gasteiger charge is 2.20. The predicted molar refractivity (Wildman–Crippen MR) is 119 cm³/mol. The molecule has 2 aromatic carbocycles. The number of carbonyl (C=O) groups excluding carboxylic acids is 1. The van der Waals surface area contributed by atoms with Crippen molar-refractivity contribution in [2.75, 3.05) is 19.4 Å². The summed E-state index contributed by atoms with van der Waals surface area (Å²) in [7, 11) is -0.548. The van der Waals surface area contributed by atoms with Crippen LogP contribution in [0.1, 0.15) is 19.2 Å². The van der Waals surface area contributed by atoms with E-state index in [0.717, 1.165) is 22.4 Å². The number of aryl methyl sites for hydroxylation is 2. The number of rotatable bonds is 7. The molecule has 0 fully saturated rings. The molecule has 0 aliphatic heterocycles. The first-order valence-electron chi connectivity index (χ1n) is 9.96. The molecule has 2 heterocycles. The van der Waals surface area contributed by atoms with Gasteiger partial charge >= 0.3 is 0 Å². The molecule has 0 aliphatic rings. The fraction of sp³-hybridized carbons (Fsp3) is 0.286. The lowest BCUT2D eigenvalue weighted by atomic mass is 10.3. The normalized spacial score (nSPS) is 12.1. The van der Waals surface area contributed by atoms with Crippen LogP contribution in [0.5, 0.6) is 0 Å². The third-order valence-electron chi connectivity index (χ3n) is 5.12. The SMILES string of the molecule is CCn1c(CCC(=O)Nc2nc3ccccc3[nH]2)nc2cc(S(=O)(=O)N(C)C)ccc21. The fourth-order valence-corrected chi connectivity index (χ4v) is 4.43. The van der Waals surface area contributed by atoms with Crippen LogP contribution in [-0.2, 0) is 27.8 Å². The smallest absolute Gasteiger partial charge is 0.242 e. The van der Waals surface area contributed by atoms with E-state index in [4.69, 9.17) is 0 Å².